The van der Waals surface area contributed by atoms with E-state index in [0.717, 1.165) is 25.8 Å². The fourth-order valence-corrected chi connectivity index (χ4v) is 4.74. The Balaban J connectivity index is 1.49. The molecule has 2 saturated heterocycles. The second-order valence-electron chi connectivity index (χ2n) is 7.98. The minimum absolute atomic E-state index is 0.0441. The maximum absolute atomic E-state index is 12.7. The third-order valence-corrected chi connectivity index (χ3v) is 6.20. The van der Waals surface area contributed by atoms with Crippen LogP contribution in [0.15, 0.2) is 4.52 Å². The molecule has 25 heavy (non-hydrogen) atoms. The summed E-state index contributed by atoms with van der Waals surface area (Å²) in [6.07, 6.45) is 3.55. The molecule has 3 heterocycles. The lowest BCUT2D eigenvalue weighted by molar-refractivity contribution is -0.139. The summed E-state index contributed by atoms with van der Waals surface area (Å²) >= 11 is 0. The fraction of sp³-hybridized carbons (Fsp3) is 0.778. The van der Waals surface area contributed by atoms with Gasteiger partial charge < -0.3 is 14.7 Å². The third-order valence-electron chi connectivity index (χ3n) is 6.20. The maximum atomic E-state index is 12.7. The molecule has 0 spiro atoms. The van der Waals surface area contributed by atoms with Crippen molar-refractivity contribution in [2.75, 3.05) is 19.6 Å². The van der Waals surface area contributed by atoms with E-state index in [1.165, 1.54) is 0 Å². The van der Waals surface area contributed by atoms with Gasteiger partial charge in [0.05, 0.1) is 5.92 Å². The van der Waals surface area contributed by atoms with Crippen molar-refractivity contribution in [3.8, 4) is 0 Å². The first-order valence-electron chi connectivity index (χ1n) is 9.39. The number of hydrogen-bond donors (Lipinski definition) is 1. The largest absolute Gasteiger partial charge is 0.355 e. The number of amides is 2. The molecule has 2 aliphatic heterocycles. The number of nitrogens with zero attached hydrogens (tertiary/aromatic N) is 3. The summed E-state index contributed by atoms with van der Waals surface area (Å²) in [4.78, 5) is 31.5. The molecular formula is C18H26N4O3. The van der Waals surface area contributed by atoms with E-state index in [-0.39, 0.29) is 35.5 Å². The quantitative estimate of drug-likeness (QED) is 0.876. The molecule has 2 amide bonds. The molecule has 1 saturated carbocycles. The summed E-state index contributed by atoms with van der Waals surface area (Å²) < 4.78 is 5.39. The lowest BCUT2D eigenvalue weighted by Crippen LogP contribution is -2.46. The van der Waals surface area contributed by atoms with Crippen LogP contribution in [-0.2, 0) is 9.59 Å². The predicted molar refractivity (Wildman–Crippen MR) is 89.5 cm³/mol. The zero-order valence-electron chi connectivity index (χ0n) is 14.9. The van der Waals surface area contributed by atoms with Crippen molar-refractivity contribution in [2.45, 2.75) is 45.4 Å². The van der Waals surface area contributed by atoms with Crippen LogP contribution < -0.4 is 5.32 Å². The highest BCUT2D eigenvalue weighted by Gasteiger charge is 2.44. The number of piperidine rings is 1. The van der Waals surface area contributed by atoms with Crippen LogP contribution in [0, 0.1) is 30.6 Å². The highest BCUT2D eigenvalue weighted by Crippen LogP contribution is 2.40. The van der Waals surface area contributed by atoms with Gasteiger partial charge in [0.2, 0.25) is 17.7 Å². The number of nitrogens with one attached hydrogen (secondary N) is 1. The van der Waals surface area contributed by atoms with Gasteiger partial charge in [0.25, 0.3) is 0 Å². The van der Waals surface area contributed by atoms with Crippen LogP contribution >= 0.6 is 0 Å². The molecule has 1 aliphatic carbocycles. The Hall–Kier alpha value is -1.92. The standard InChI is InChI=1S/C18H26N4O3/c1-10-7-12(8-10)18(24)22-5-3-13-14(4-6-22)16(23)19-9-15(13)17-20-11(2)21-25-17/h10,12-15H,3-9H2,1-2H3,(H,19,23)/t10?,12?,13-,14+,15?/m1/s1. The molecule has 1 aromatic rings. The first-order chi connectivity index (χ1) is 12.0. The van der Waals surface area contributed by atoms with Crippen LogP contribution in [0.2, 0.25) is 0 Å². The molecule has 3 fully saturated rings. The van der Waals surface area contributed by atoms with Crippen molar-refractivity contribution in [2.24, 2.45) is 23.7 Å². The van der Waals surface area contributed by atoms with Gasteiger partial charge in [-0.15, -0.1) is 0 Å². The summed E-state index contributed by atoms with van der Waals surface area (Å²) in [6, 6.07) is 0. The summed E-state index contributed by atoms with van der Waals surface area (Å²) in [5, 5.41) is 6.89. The summed E-state index contributed by atoms with van der Waals surface area (Å²) in [5.41, 5.74) is 0. The summed E-state index contributed by atoms with van der Waals surface area (Å²) in [5.74, 6) is 2.59. The second-order valence-corrected chi connectivity index (χ2v) is 7.98. The van der Waals surface area contributed by atoms with E-state index in [4.69, 9.17) is 4.52 Å². The molecule has 0 radical (unpaired) electrons. The van der Waals surface area contributed by atoms with E-state index in [1.54, 1.807) is 6.92 Å². The van der Waals surface area contributed by atoms with E-state index in [1.807, 2.05) is 4.90 Å². The molecule has 1 aromatic heterocycles. The maximum Gasteiger partial charge on any atom is 0.231 e. The molecule has 1 unspecified atom stereocenters. The Morgan fingerprint density at radius 1 is 1.24 bits per heavy atom. The van der Waals surface area contributed by atoms with Crippen molar-refractivity contribution >= 4 is 11.8 Å². The highest BCUT2D eigenvalue weighted by atomic mass is 16.5. The van der Waals surface area contributed by atoms with E-state index in [2.05, 4.69) is 22.4 Å². The number of aromatic nitrogens is 2. The van der Waals surface area contributed by atoms with Crippen molar-refractivity contribution < 1.29 is 14.1 Å². The smallest absolute Gasteiger partial charge is 0.231 e. The number of carbonyl (C=O) groups excluding carboxylic acids is 2. The Morgan fingerprint density at radius 2 is 2.00 bits per heavy atom. The lowest BCUT2D eigenvalue weighted by atomic mass is 9.75. The Morgan fingerprint density at radius 3 is 2.68 bits per heavy atom. The van der Waals surface area contributed by atoms with Crippen molar-refractivity contribution in [3.05, 3.63) is 11.7 Å². The number of carbonyl (C=O) groups is 2. The average molecular weight is 346 g/mol. The zero-order valence-corrected chi connectivity index (χ0v) is 14.9. The third kappa shape index (κ3) is 3.04. The van der Waals surface area contributed by atoms with Crippen LogP contribution in [0.1, 0.15) is 50.2 Å². The number of rotatable bonds is 2. The lowest BCUT2D eigenvalue weighted by Gasteiger charge is -2.35. The van der Waals surface area contributed by atoms with Gasteiger partial charge in [-0.1, -0.05) is 12.1 Å². The highest BCUT2D eigenvalue weighted by molar-refractivity contribution is 5.81. The minimum Gasteiger partial charge on any atom is -0.355 e. The molecule has 4 rings (SSSR count). The van der Waals surface area contributed by atoms with Crippen LogP contribution in [-0.4, -0.2) is 46.5 Å². The Labute approximate surface area is 147 Å². The van der Waals surface area contributed by atoms with E-state index in [9.17, 15) is 9.59 Å². The predicted octanol–water partition coefficient (Wildman–Crippen LogP) is 1.49. The van der Waals surface area contributed by atoms with Gasteiger partial charge in [0, 0.05) is 31.5 Å². The fourth-order valence-electron chi connectivity index (χ4n) is 4.74. The molecule has 0 bridgehead atoms. The van der Waals surface area contributed by atoms with Crippen molar-refractivity contribution in [1.29, 1.82) is 0 Å². The molecule has 0 aromatic carbocycles. The van der Waals surface area contributed by atoms with Crippen LogP contribution in [0.5, 0.6) is 0 Å². The van der Waals surface area contributed by atoms with Crippen molar-refractivity contribution in [1.82, 2.24) is 20.4 Å². The number of aryl methyl sites for hydroxylation is 1. The normalized spacial score (nSPS) is 35.4. The molecular weight excluding hydrogens is 320 g/mol. The summed E-state index contributed by atoms with van der Waals surface area (Å²) in [6.45, 7) is 5.94. The topological polar surface area (TPSA) is 88.3 Å². The van der Waals surface area contributed by atoms with Gasteiger partial charge in [0.1, 0.15) is 0 Å². The van der Waals surface area contributed by atoms with E-state index >= 15 is 0 Å². The van der Waals surface area contributed by atoms with E-state index in [0.29, 0.717) is 37.1 Å². The van der Waals surface area contributed by atoms with Crippen molar-refractivity contribution in [3.63, 3.8) is 0 Å². The zero-order chi connectivity index (χ0) is 17.6. The van der Waals surface area contributed by atoms with Gasteiger partial charge in [-0.05, 0) is 44.4 Å². The Kier molecular flexibility index (Phi) is 4.25. The molecule has 3 atom stereocenters. The SMILES string of the molecule is Cc1noc(C2CNC(=O)[C@H]3CCN(C(=O)C4CC(C)C4)CC[C@@H]23)n1. The molecule has 7 nitrogen and oxygen atoms in total. The van der Waals surface area contributed by atoms with Gasteiger partial charge >= 0.3 is 0 Å². The van der Waals surface area contributed by atoms with Crippen LogP contribution in [0.3, 0.4) is 0 Å². The average Bonchev–Trinajstić information content (AvgIpc) is 2.86. The Bertz CT molecular complexity index is 667. The first kappa shape index (κ1) is 16.5. The molecule has 7 heteroatoms. The number of likely N-dealkylation sites (tertiary alicyclic amines) is 1. The van der Waals surface area contributed by atoms with Crippen LogP contribution in [0.4, 0.5) is 0 Å². The first-order valence-corrected chi connectivity index (χ1v) is 9.39. The van der Waals surface area contributed by atoms with Gasteiger partial charge in [0.15, 0.2) is 5.82 Å². The molecule has 1 N–H and O–H groups in total. The van der Waals surface area contributed by atoms with Gasteiger partial charge in [-0.25, -0.2) is 0 Å². The van der Waals surface area contributed by atoms with Crippen LogP contribution in [0.25, 0.3) is 0 Å². The van der Waals surface area contributed by atoms with E-state index < -0.39 is 0 Å². The minimum atomic E-state index is -0.0796. The molecule has 3 aliphatic rings. The number of hydrogen-bond acceptors (Lipinski definition) is 5. The monoisotopic (exact) mass is 346 g/mol. The number of fused-ring (bicyclic) bond motifs is 1. The second kappa shape index (κ2) is 6.42. The summed E-state index contributed by atoms with van der Waals surface area (Å²) in [7, 11) is 0. The van der Waals surface area contributed by atoms with Gasteiger partial charge in [-0.2, -0.15) is 4.98 Å². The molecule has 136 valence electrons. The van der Waals surface area contributed by atoms with Gasteiger partial charge in [-0.3, -0.25) is 9.59 Å².